The van der Waals surface area contributed by atoms with Crippen LogP contribution in [0.2, 0.25) is 0 Å². The summed E-state index contributed by atoms with van der Waals surface area (Å²) in [6.45, 7) is 11.1. The highest BCUT2D eigenvalue weighted by Crippen LogP contribution is 2.45. The largest absolute Gasteiger partial charge is 0.490 e. The van der Waals surface area contributed by atoms with E-state index in [2.05, 4.69) is 32.2 Å². The third kappa shape index (κ3) is 6.62. The molecule has 4 rings (SSSR count). The molecule has 6 nitrogen and oxygen atoms in total. The maximum atomic E-state index is 12.4. The van der Waals surface area contributed by atoms with Gasteiger partial charge in [-0.1, -0.05) is 38.5 Å². The summed E-state index contributed by atoms with van der Waals surface area (Å²) >= 11 is 1.64. The Morgan fingerprint density at radius 1 is 1.18 bits per heavy atom. The number of nitrogens with one attached hydrogen (secondary N) is 1. The van der Waals surface area contributed by atoms with Gasteiger partial charge in [0.05, 0.1) is 12.2 Å². The lowest BCUT2D eigenvalue weighted by atomic mass is 9.72. The molecular formula is C31H35N3O3S. The molecule has 0 bridgehead atoms. The van der Waals surface area contributed by atoms with Crippen molar-refractivity contribution >= 4 is 34.1 Å². The third-order valence-electron chi connectivity index (χ3n) is 6.88. The smallest absolute Gasteiger partial charge is 0.262 e. The van der Waals surface area contributed by atoms with Gasteiger partial charge in [-0.2, -0.15) is 5.26 Å². The van der Waals surface area contributed by atoms with Gasteiger partial charge in [-0.3, -0.25) is 4.79 Å². The number of aliphatic imine (C=N–C) groups is 1. The Morgan fingerprint density at radius 3 is 2.63 bits per heavy atom. The van der Waals surface area contributed by atoms with Crippen LogP contribution >= 0.6 is 11.3 Å². The van der Waals surface area contributed by atoms with Crippen LogP contribution in [0.3, 0.4) is 0 Å². The monoisotopic (exact) mass is 529 g/mol. The summed E-state index contributed by atoms with van der Waals surface area (Å²) in [7, 11) is 0. The van der Waals surface area contributed by atoms with E-state index >= 15 is 0 Å². The number of benzene rings is 2. The van der Waals surface area contributed by atoms with Gasteiger partial charge in [0.25, 0.3) is 5.91 Å². The topological polar surface area (TPSA) is 83.7 Å². The quantitative estimate of drug-likeness (QED) is 0.312. The number of rotatable bonds is 8. The van der Waals surface area contributed by atoms with Crippen LogP contribution in [0, 0.1) is 29.6 Å². The van der Waals surface area contributed by atoms with E-state index in [9.17, 15) is 10.1 Å². The number of nitrogens with zero attached hydrogens (tertiary/aromatic N) is 2. The minimum absolute atomic E-state index is 0.136. The van der Waals surface area contributed by atoms with Crippen molar-refractivity contribution in [3.8, 4) is 17.6 Å². The van der Waals surface area contributed by atoms with E-state index < -0.39 is 0 Å². The molecule has 0 aliphatic heterocycles. The molecule has 0 spiro atoms. The van der Waals surface area contributed by atoms with Gasteiger partial charge >= 0.3 is 0 Å². The Bertz CT molecular complexity index is 1360. The molecular weight excluding hydrogens is 494 g/mol. The third-order valence-corrected chi connectivity index (χ3v) is 8.04. The zero-order valence-electron chi connectivity index (χ0n) is 22.8. The summed E-state index contributed by atoms with van der Waals surface area (Å²) in [6, 6.07) is 15.5. The molecule has 7 heteroatoms. The van der Waals surface area contributed by atoms with Gasteiger partial charge in [-0.25, -0.2) is 4.99 Å². The summed E-state index contributed by atoms with van der Waals surface area (Å²) in [6.07, 6.45) is 4.80. The first-order chi connectivity index (χ1) is 18.2. The Kier molecular flexibility index (Phi) is 8.53. The van der Waals surface area contributed by atoms with E-state index in [1.54, 1.807) is 23.6 Å². The summed E-state index contributed by atoms with van der Waals surface area (Å²) in [5.41, 5.74) is 4.81. The van der Waals surface area contributed by atoms with Gasteiger partial charge in [-0.15, -0.1) is 11.3 Å². The summed E-state index contributed by atoms with van der Waals surface area (Å²) in [4.78, 5) is 18.4. The second-order valence-electron chi connectivity index (χ2n) is 10.7. The van der Waals surface area contributed by atoms with Crippen LogP contribution < -0.4 is 14.8 Å². The molecule has 1 atom stereocenters. The molecule has 0 fully saturated rings. The first-order valence-corrected chi connectivity index (χ1v) is 13.8. The average molecular weight is 530 g/mol. The van der Waals surface area contributed by atoms with Crippen molar-refractivity contribution < 1.29 is 14.3 Å². The van der Waals surface area contributed by atoms with Crippen LogP contribution in [-0.4, -0.2) is 25.3 Å². The summed E-state index contributed by atoms with van der Waals surface area (Å²) in [5.74, 6) is 1.39. The van der Waals surface area contributed by atoms with E-state index in [1.165, 1.54) is 10.4 Å². The first-order valence-electron chi connectivity index (χ1n) is 13.0. The van der Waals surface area contributed by atoms with Crippen molar-refractivity contribution in [2.75, 3.05) is 18.5 Å². The minimum atomic E-state index is -0.249. The number of carbonyl (C=O) groups is 1. The number of fused-ring (bicyclic) bond motifs is 1. The zero-order valence-corrected chi connectivity index (χ0v) is 23.6. The van der Waals surface area contributed by atoms with Crippen molar-refractivity contribution in [3.05, 3.63) is 69.6 Å². The normalized spacial score (nSPS) is 15.1. The molecule has 2 aromatic carbocycles. The summed E-state index contributed by atoms with van der Waals surface area (Å²) < 4.78 is 11.6. The van der Waals surface area contributed by atoms with Crippen molar-refractivity contribution in [2.24, 2.45) is 16.3 Å². The van der Waals surface area contributed by atoms with E-state index in [0.29, 0.717) is 29.6 Å². The number of carbonyl (C=O) groups excluding carboxylic acids is 1. The first kappa shape index (κ1) is 27.4. The van der Waals surface area contributed by atoms with E-state index in [4.69, 9.17) is 14.5 Å². The van der Waals surface area contributed by atoms with Gasteiger partial charge in [0.2, 0.25) is 0 Å². The second-order valence-corrected chi connectivity index (χ2v) is 11.8. The van der Waals surface area contributed by atoms with Crippen LogP contribution in [0.5, 0.6) is 11.5 Å². The predicted molar refractivity (Wildman–Crippen MR) is 154 cm³/mol. The molecule has 0 unspecified atom stereocenters. The van der Waals surface area contributed by atoms with Crippen molar-refractivity contribution in [3.63, 3.8) is 0 Å². The van der Waals surface area contributed by atoms with Gasteiger partial charge in [0.1, 0.15) is 11.1 Å². The average Bonchev–Trinajstić information content (AvgIpc) is 3.24. The van der Waals surface area contributed by atoms with Crippen LogP contribution in [0.4, 0.5) is 10.7 Å². The number of anilines is 1. The molecule has 1 aliphatic rings. The molecule has 3 aromatic rings. The van der Waals surface area contributed by atoms with Crippen LogP contribution in [-0.2, 0) is 17.6 Å². The highest BCUT2D eigenvalue weighted by molar-refractivity contribution is 7.16. The van der Waals surface area contributed by atoms with Crippen molar-refractivity contribution in [2.45, 2.75) is 53.9 Å². The van der Waals surface area contributed by atoms with Gasteiger partial charge < -0.3 is 14.8 Å². The number of hydrogen-bond donors (Lipinski definition) is 1. The molecule has 198 valence electrons. The maximum Gasteiger partial charge on any atom is 0.262 e. The lowest BCUT2D eigenvalue weighted by Crippen LogP contribution is -2.26. The lowest BCUT2D eigenvalue weighted by molar-refractivity contribution is -0.118. The molecule has 1 amide bonds. The van der Waals surface area contributed by atoms with E-state index in [-0.39, 0.29) is 17.9 Å². The van der Waals surface area contributed by atoms with Crippen LogP contribution in [0.25, 0.3) is 0 Å². The fourth-order valence-corrected chi connectivity index (χ4v) is 5.84. The van der Waals surface area contributed by atoms with Gasteiger partial charge in [-0.05, 0) is 85.9 Å². The number of amides is 1. The van der Waals surface area contributed by atoms with Gasteiger partial charge in [0, 0.05) is 16.8 Å². The second kappa shape index (κ2) is 11.8. The molecule has 1 N–H and O–H groups in total. The zero-order chi connectivity index (χ0) is 27.3. The Hall–Kier alpha value is -3.63. The fourth-order valence-electron chi connectivity index (χ4n) is 4.62. The number of nitriles is 1. The Labute approximate surface area is 229 Å². The minimum Gasteiger partial charge on any atom is -0.490 e. The lowest BCUT2D eigenvalue weighted by Gasteiger charge is -2.33. The highest BCUT2D eigenvalue weighted by atomic mass is 32.1. The maximum absolute atomic E-state index is 12.4. The molecule has 0 radical (unpaired) electrons. The van der Waals surface area contributed by atoms with Gasteiger partial charge in [0.15, 0.2) is 18.1 Å². The SMILES string of the molecule is CCOc1cc(C=Nc2sc3c(c2C#N)CC[C@H](C(C)(C)C)C3)ccc1OCC(=O)Nc1ccc(C)cc1. The number of thiophene rings is 1. The van der Waals surface area contributed by atoms with Crippen molar-refractivity contribution in [1.82, 2.24) is 0 Å². The summed E-state index contributed by atoms with van der Waals surface area (Å²) in [5, 5.41) is 13.5. The fraction of sp³-hybridized carbons (Fsp3) is 0.387. The molecule has 0 saturated heterocycles. The Balaban J connectivity index is 1.46. The predicted octanol–water partition coefficient (Wildman–Crippen LogP) is 7.25. The molecule has 1 heterocycles. The van der Waals surface area contributed by atoms with E-state index in [1.807, 2.05) is 50.2 Å². The number of aryl methyl sites for hydroxylation is 1. The standard InChI is InChI=1S/C31H35N3O3S/c1-6-36-27-15-21(9-14-26(27)37-19-29(35)34-23-11-7-20(2)8-12-23)18-33-30-25(17-32)24-13-10-22(31(3,4)5)16-28(24)38-30/h7-9,11-12,14-15,18,22H,6,10,13,16,19H2,1-5H3,(H,34,35)/t22-/m0/s1. The van der Waals surface area contributed by atoms with Crippen molar-refractivity contribution in [1.29, 1.82) is 5.26 Å². The Morgan fingerprint density at radius 2 is 1.95 bits per heavy atom. The highest BCUT2D eigenvalue weighted by Gasteiger charge is 2.32. The molecule has 1 aromatic heterocycles. The number of hydrogen-bond acceptors (Lipinski definition) is 6. The number of ether oxygens (including phenoxy) is 2. The van der Waals surface area contributed by atoms with Crippen LogP contribution in [0.15, 0.2) is 47.5 Å². The molecule has 1 aliphatic carbocycles. The van der Waals surface area contributed by atoms with Crippen LogP contribution in [0.1, 0.15) is 61.2 Å². The molecule has 0 saturated carbocycles. The van der Waals surface area contributed by atoms with E-state index in [0.717, 1.165) is 41.1 Å². The molecule has 38 heavy (non-hydrogen) atoms.